The van der Waals surface area contributed by atoms with Crippen LogP contribution >= 0.6 is 11.6 Å². The van der Waals surface area contributed by atoms with Crippen LogP contribution in [0, 0.1) is 5.92 Å². The van der Waals surface area contributed by atoms with Gasteiger partial charge in [-0.25, -0.2) is 0 Å². The van der Waals surface area contributed by atoms with E-state index >= 15 is 0 Å². The van der Waals surface area contributed by atoms with Gasteiger partial charge in [0.15, 0.2) is 0 Å². The summed E-state index contributed by atoms with van der Waals surface area (Å²) < 4.78 is 0.880. The summed E-state index contributed by atoms with van der Waals surface area (Å²) >= 11 is 5.26. The van der Waals surface area contributed by atoms with Gasteiger partial charge in [-0.15, -0.1) is 0 Å². The van der Waals surface area contributed by atoms with E-state index in [1.807, 2.05) is 6.92 Å². The summed E-state index contributed by atoms with van der Waals surface area (Å²) in [4.78, 5) is 10.5. The summed E-state index contributed by atoms with van der Waals surface area (Å²) in [5, 5.41) is -0.231. The molecule has 0 saturated carbocycles. The smallest absolute Gasteiger partial charge is 0.222 e. The molecule has 0 amide bonds. The molecule has 0 aliphatic heterocycles. The molecule has 3 heteroatoms. The molecule has 11 heavy (non-hydrogen) atoms. The number of rotatable bonds is 4. The van der Waals surface area contributed by atoms with E-state index in [1.54, 1.807) is 0 Å². The second-order valence-corrected chi connectivity index (χ2v) is 4.56. The molecule has 0 aromatic heterocycles. The van der Waals surface area contributed by atoms with Gasteiger partial charge in [-0.2, -0.15) is 0 Å². The zero-order valence-electron chi connectivity index (χ0n) is 7.72. The molecule has 0 aromatic carbocycles. The van der Waals surface area contributed by atoms with E-state index < -0.39 is 0 Å². The Hall–Kier alpha value is -0.0800. The van der Waals surface area contributed by atoms with Crippen molar-refractivity contribution in [3.8, 4) is 0 Å². The summed E-state index contributed by atoms with van der Waals surface area (Å²) in [6.45, 7) is 3.03. The number of hydrogen-bond acceptors (Lipinski definition) is 1. The molecule has 0 heterocycles. The highest BCUT2D eigenvalue weighted by molar-refractivity contribution is 6.63. The normalized spacial score (nSPS) is 14.6. The van der Waals surface area contributed by atoms with Crippen LogP contribution in [0.5, 0.6) is 0 Å². The van der Waals surface area contributed by atoms with Gasteiger partial charge in [-0.1, -0.05) is 6.92 Å². The maximum absolute atomic E-state index is 10.5. The van der Waals surface area contributed by atoms with E-state index in [0.717, 1.165) is 11.0 Å². The van der Waals surface area contributed by atoms with Crippen molar-refractivity contribution >= 4 is 16.8 Å². The van der Waals surface area contributed by atoms with Crippen molar-refractivity contribution < 1.29 is 9.28 Å². The van der Waals surface area contributed by atoms with E-state index in [1.165, 1.54) is 0 Å². The van der Waals surface area contributed by atoms with E-state index in [0.29, 0.717) is 12.3 Å². The topological polar surface area (TPSA) is 17.1 Å². The molecule has 1 unspecified atom stereocenters. The molecule has 2 nitrogen and oxygen atoms in total. The molecule has 0 aliphatic rings. The maximum atomic E-state index is 10.5. The van der Waals surface area contributed by atoms with Crippen LogP contribution in [-0.2, 0) is 4.79 Å². The molecular weight excluding hydrogens is 162 g/mol. The Morgan fingerprint density at radius 1 is 1.45 bits per heavy atom. The Morgan fingerprint density at radius 2 is 1.91 bits per heavy atom. The molecule has 0 fully saturated rings. The van der Waals surface area contributed by atoms with Crippen molar-refractivity contribution in [2.75, 3.05) is 27.7 Å². The number of hydrogen-bond donors (Lipinski definition) is 0. The fourth-order valence-electron chi connectivity index (χ4n) is 1.27. The average Bonchev–Trinajstić information content (AvgIpc) is 1.53. The first kappa shape index (κ1) is 10.9. The Morgan fingerprint density at radius 3 is 2.18 bits per heavy atom. The molecule has 0 saturated heterocycles. The lowest BCUT2D eigenvalue weighted by Gasteiger charge is -2.26. The van der Waals surface area contributed by atoms with Crippen molar-refractivity contribution in [2.24, 2.45) is 5.92 Å². The van der Waals surface area contributed by atoms with Gasteiger partial charge >= 0.3 is 0 Å². The minimum absolute atomic E-state index is 0.231. The third kappa shape index (κ3) is 7.82. The molecule has 0 rings (SSSR count). The van der Waals surface area contributed by atoms with Gasteiger partial charge < -0.3 is 4.48 Å². The fourth-order valence-corrected chi connectivity index (χ4v) is 1.54. The average molecular weight is 179 g/mol. The Kier molecular flexibility index (Phi) is 4.04. The van der Waals surface area contributed by atoms with E-state index in [4.69, 9.17) is 11.6 Å². The highest BCUT2D eigenvalue weighted by Gasteiger charge is 2.15. The van der Waals surface area contributed by atoms with Gasteiger partial charge in [0.2, 0.25) is 5.24 Å². The first-order valence-electron chi connectivity index (χ1n) is 3.80. The third-order valence-corrected chi connectivity index (χ3v) is 1.52. The van der Waals surface area contributed by atoms with Crippen LogP contribution in [0.4, 0.5) is 0 Å². The molecule has 0 aliphatic carbocycles. The summed E-state index contributed by atoms with van der Waals surface area (Å²) in [6, 6.07) is 0. The minimum atomic E-state index is -0.231. The predicted octanol–water partition coefficient (Wildman–Crippen LogP) is 1.48. The summed E-state index contributed by atoms with van der Waals surface area (Å²) in [7, 11) is 6.32. The van der Waals surface area contributed by atoms with Crippen LogP contribution in [0.2, 0.25) is 0 Å². The van der Waals surface area contributed by atoms with Crippen molar-refractivity contribution in [2.45, 2.75) is 13.3 Å². The van der Waals surface area contributed by atoms with Crippen LogP contribution in [-0.4, -0.2) is 37.4 Å². The van der Waals surface area contributed by atoms with Crippen LogP contribution in [0.3, 0.4) is 0 Å². The van der Waals surface area contributed by atoms with Gasteiger partial charge in [0, 0.05) is 12.3 Å². The Labute approximate surface area is 73.7 Å². The first-order chi connectivity index (χ1) is 4.81. The largest absolute Gasteiger partial charge is 0.331 e. The molecule has 0 bridgehead atoms. The lowest BCUT2D eigenvalue weighted by atomic mass is 10.1. The van der Waals surface area contributed by atoms with Crippen LogP contribution in [0.1, 0.15) is 13.3 Å². The van der Waals surface area contributed by atoms with Crippen molar-refractivity contribution in [1.82, 2.24) is 0 Å². The van der Waals surface area contributed by atoms with E-state index in [-0.39, 0.29) is 5.24 Å². The zero-order chi connectivity index (χ0) is 9.07. The van der Waals surface area contributed by atoms with Crippen LogP contribution in [0.25, 0.3) is 0 Å². The molecular formula is C8H17ClNO+. The molecule has 0 spiro atoms. The molecule has 0 aromatic rings. The summed E-state index contributed by atoms with van der Waals surface area (Å²) in [6.07, 6.45) is 0.483. The number of carbonyl (C=O) groups is 1. The second-order valence-electron chi connectivity index (χ2n) is 4.14. The first-order valence-corrected chi connectivity index (χ1v) is 4.18. The standard InChI is InChI=1S/C8H17ClNO/c1-7(5-8(9)11)6-10(2,3)4/h7H,5-6H2,1-4H3/q+1. The van der Waals surface area contributed by atoms with Crippen molar-refractivity contribution in [3.05, 3.63) is 0 Å². The molecule has 0 N–H and O–H groups in total. The highest BCUT2D eigenvalue weighted by atomic mass is 35.5. The number of carbonyl (C=O) groups excluding carboxylic acids is 1. The summed E-state index contributed by atoms with van der Waals surface area (Å²) in [5.74, 6) is 0.375. The van der Waals surface area contributed by atoms with Crippen LogP contribution < -0.4 is 0 Å². The van der Waals surface area contributed by atoms with E-state index in [9.17, 15) is 4.79 Å². The number of halogens is 1. The SMILES string of the molecule is CC(CC(=O)Cl)C[N+](C)(C)C. The maximum Gasteiger partial charge on any atom is 0.222 e. The Balaban J connectivity index is 3.69. The third-order valence-electron chi connectivity index (χ3n) is 1.37. The zero-order valence-corrected chi connectivity index (χ0v) is 8.48. The van der Waals surface area contributed by atoms with E-state index in [2.05, 4.69) is 21.1 Å². The quantitative estimate of drug-likeness (QED) is 0.471. The van der Waals surface area contributed by atoms with Gasteiger partial charge in [-0.3, -0.25) is 4.79 Å². The van der Waals surface area contributed by atoms with Gasteiger partial charge in [-0.05, 0) is 11.6 Å². The molecule has 66 valence electrons. The minimum Gasteiger partial charge on any atom is -0.331 e. The number of quaternary nitrogens is 1. The highest BCUT2D eigenvalue weighted by Crippen LogP contribution is 2.08. The van der Waals surface area contributed by atoms with Crippen molar-refractivity contribution in [1.29, 1.82) is 0 Å². The van der Waals surface area contributed by atoms with Crippen molar-refractivity contribution in [3.63, 3.8) is 0 Å². The lowest BCUT2D eigenvalue weighted by Crippen LogP contribution is -2.38. The monoisotopic (exact) mass is 178 g/mol. The van der Waals surface area contributed by atoms with Gasteiger partial charge in [0.05, 0.1) is 27.7 Å². The fraction of sp³-hybridized carbons (Fsp3) is 0.875. The molecule has 0 radical (unpaired) electrons. The second kappa shape index (κ2) is 4.07. The lowest BCUT2D eigenvalue weighted by molar-refractivity contribution is -0.873. The molecule has 1 atom stereocenters. The van der Waals surface area contributed by atoms with Gasteiger partial charge in [0.25, 0.3) is 0 Å². The summed E-state index contributed by atoms with van der Waals surface area (Å²) in [5.41, 5.74) is 0. The number of nitrogens with zero attached hydrogens (tertiary/aromatic N) is 1. The Bertz CT molecular complexity index is 140. The van der Waals surface area contributed by atoms with Crippen LogP contribution in [0.15, 0.2) is 0 Å². The predicted molar refractivity (Wildman–Crippen MR) is 47.5 cm³/mol. The van der Waals surface area contributed by atoms with Gasteiger partial charge in [0.1, 0.15) is 0 Å².